The van der Waals surface area contributed by atoms with E-state index in [9.17, 15) is 9.18 Å². The Hall–Kier alpha value is -2.67. The van der Waals surface area contributed by atoms with E-state index in [4.69, 9.17) is 4.98 Å². The van der Waals surface area contributed by atoms with E-state index in [1.54, 1.807) is 11.3 Å². The number of halogens is 1. The summed E-state index contributed by atoms with van der Waals surface area (Å²) in [6.07, 6.45) is 1.76. The predicted octanol–water partition coefficient (Wildman–Crippen LogP) is 4.31. The minimum absolute atomic E-state index is 0.102. The highest BCUT2D eigenvalue weighted by Crippen LogP contribution is 2.32. The molecule has 2 aliphatic heterocycles. The molecule has 0 atom stereocenters. The van der Waals surface area contributed by atoms with Crippen LogP contribution in [0.5, 0.6) is 0 Å². The number of rotatable bonds is 3. The maximum absolute atomic E-state index is 13.2. The highest BCUT2D eigenvalue weighted by molar-refractivity contribution is 7.22. The van der Waals surface area contributed by atoms with Gasteiger partial charge in [0.15, 0.2) is 5.13 Å². The Kier molecular flexibility index (Phi) is 5.52. The van der Waals surface area contributed by atoms with Gasteiger partial charge in [-0.2, -0.15) is 0 Å². The highest BCUT2D eigenvalue weighted by Gasteiger charge is 2.31. The molecule has 2 aliphatic rings. The average molecular weight is 439 g/mol. The molecule has 7 heteroatoms. The number of carbonyl (C=O) groups excluding carboxylic acids is 1. The molecule has 2 fully saturated rings. The van der Waals surface area contributed by atoms with Crippen LogP contribution in [0.1, 0.15) is 18.4 Å². The van der Waals surface area contributed by atoms with Crippen molar-refractivity contribution in [3.8, 4) is 0 Å². The van der Waals surface area contributed by atoms with Crippen LogP contribution < -0.4 is 9.80 Å². The summed E-state index contributed by atoms with van der Waals surface area (Å²) in [7, 11) is 0. The molecular weight excluding hydrogens is 411 g/mol. The topological polar surface area (TPSA) is 39.7 Å². The van der Waals surface area contributed by atoms with Crippen LogP contribution >= 0.6 is 11.3 Å². The summed E-state index contributed by atoms with van der Waals surface area (Å²) in [5.41, 5.74) is 3.34. The lowest BCUT2D eigenvalue weighted by atomic mass is 9.95. The van der Waals surface area contributed by atoms with Crippen LogP contribution in [-0.4, -0.2) is 55.1 Å². The number of piperazine rings is 1. The zero-order chi connectivity index (χ0) is 21.4. The normalized spacial score (nSPS) is 18.1. The van der Waals surface area contributed by atoms with Crippen molar-refractivity contribution in [2.75, 3.05) is 49.1 Å². The lowest BCUT2D eigenvalue weighted by molar-refractivity contribution is -0.136. The first-order valence-corrected chi connectivity index (χ1v) is 11.8. The number of thiazole rings is 1. The zero-order valence-corrected chi connectivity index (χ0v) is 18.6. The smallest absolute Gasteiger partial charge is 0.225 e. The second kappa shape index (κ2) is 8.46. The molecule has 0 aliphatic carbocycles. The van der Waals surface area contributed by atoms with Crippen LogP contribution in [0.2, 0.25) is 0 Å². The van der Waals surface area contributed by atoms with Gasteiger partial charge >= 0.3 is 0 Å². The van der Waals surface area contributed by atoms with Gasteiger partial charge in [0.2, 0.25) is 5.91 Å². The van der Waals surface area contributed by atoms with Crippen LogP contribution in [0.4, 0.5) is 15.2 Å². The van der Waals surface area contributed by atoms with Gasteiger partial charge < -0.3 is 14.7 Å². The third-order valence-corrected chi connectivity index (χ3v) is 7.51. The van der Waals surface area contributed by atoms with Crippen molar-refractivity contribution in [2.24, 2.45) is 5.92 Å². The quantitative estimate of drug-likeness (QED) is 0.611. The third kappa shape index (κ3) is 4.24. The number of amides is 1. The van der Waals surface area contributed by atoms with Crippen LogP contribution in [0.3, 0.4) is 0 Å². The van der Waals surface area contributed by atoms with Crippen molar-refractivity contribution >= 4 is 38.3 Å². The molecule has 1 amide bonds. The largest absolute Gasteiger partial charge is 0.368 e. The number of hydrogen-bond acceptors (Lipinski definition) is 5. The second-order valence-electron chi connectivity index (χ2n) is 8.52. The number of anilines is 2. The first kappa shape index (κ1) is 20.2. The van der Waals surface area contributed by atoms with Gasteiger partial charge in [0, 0.05) is 50.9 Å². The Morgan fingerprint density at radius 1 is 0.968 bits per heavy atom. The van der Waals surface area contributed by atoms with Crippen LogP contribution in [0.15, 0.2) is 42.5 Å². The summed E-state index contributed by atoms with van der Waals surface area (Å²) in [5, 5.41) is 1.07. The molecule has 31 heavy (non-hydrogen) atoms. The molecule has 3 aromatic rings. The van der Waals surface area contributed by atoms with Crippen molar-refractivity contribution in [3.05, 3.63) is 53.8 Å². The van der Waals surface area contributed by atoms with E-state index in [1.807, 2.05) is 17.0 Å². The number of piperidine rings is 1. The van der Waals surface area contributed by atoms with Gasteiger partial charge in [-0.15, -0.1) is 0 Å². The summed E-state index contributed by atoms with van der Waals surface area (Å²) < 4.78 is 14.4. The van der Waals surface area contributed by atoms with Gasteiger partial charge in [-0.25, -0.2) is 9.37 Å². The van der Waals surface area contributed by atoms with E-state index in [-0.39, 0.29) is 11.7 Å². The van der Waals surface area contributed by atoms with E-state index >= 15 is 0 Å². The van der Waals surface area contributed by atoms with Crippen molar-refractivity contribution in [2.45, 2.75) is 19.8 Å². The first-order valence-electron chi connectivity index (χ1n) is 11.0. The second-order valence-corrected chi connectivity index (χ2v) is 9.53. The summed E-state index contributed by atoms with van der Waals surface area (Å²) in [4.78, 5) is 24.5. The SMILES string of the molecule is Cc1ccc2nc(N3CCC(C(=O)N4CCN(c5ccc(F)cc5)CC4)CC3)sc2c1. The van der Waals surface area contributed by atoms with Crippen molar-refractivity contribution in [1.29, 1.82) is 0 Å². The van der Waals surface area contributed by atoms with Crippen molar-refractivity contribution in [1.82, 2.24) is 9.88 Å². The molecular formula is C24H27FN4OS. The Morgan fingerprint density at radius 2 is 1.68 bits per heavy atom. The molecule has 0 radical (unpaired) electrons. The molecule has 3 heterocycles. The van der Waals surface area contributed by atoms with Gasteiger partial charge in [-0.3, -0.25) is 4.79 Å². The number of aryl methyl sites for hydroxylation is 1. The Balaban J connectivity index is 1.15. The first-order chi connectivity index (χ1) is 15.1. The van der Waals surface area contributed by atoms with E-state index in [1.165, 1.54) is 22.4 Å². The summed E-state index contributed by atoms with van der Waals surface area (Å²) in [6, 6.07) is 13.0. The number of aromatic nitrogens is 1. The molecule has 0 saturated carbocycles. The molecule has 2 saturated heterocycles. The van der Waals surface area contributed by atoms with Crippen LogP contribution in [0, 0.1) is 18.7 Å². The molecule has 0 N–H and O–H groups in total. The lowest BCUT2D eigenvalue weighted by Gasteiger charge is -2.39. The lowest BCUT2D eigenvalue weighted by Crippen LogP contribution is -2.51. The molecule has 5 rings (SSSR count). The standard InChI is InChI=1S/C24H27FN4OS/c1-17-2-7-21-22(16-17)31-24(26-21)29-10-8-18(9-11-29)23(30)28-14-12-27(13-15-28)20-5-3-19(25)4-6-20/h2-7,16,18H,8-15H2,1H3. The maximum atomic E-state index is 13.2. The molecule has 2 aromatic carbocycles. The zero-order valence-electron chi connectivity index (χ0n) is 17.8. The van der Waals surface area contributed by atoms with Gasteiger partial charge in [0.25, 0.3) is 0 Å². The van der Waals surface area contributed by atoms with Gasteiger partial charge in [0.1, 0.15) is 5.82 Å². The number of benzene rings is 2. The fourth-order valence-corrected chi connectivity index (χ4v) is 5.68. The summed E-state index contributed by atoms with van der Waals surface area (Å²) in [6.45, 7) is 6.91. The number of nitrogens with zero attached hydrogens (tertiary/aromatic N) is 4. The fourth-order valence-electron chi connectivity index (χ4n) is 4.57. The fraction of sp³-hybridized carbons (Fsp3) is 0.417. The molecule has 0 spiro atoms. The highest BCUT2D eigenvalue weighted by atomic mass is 32.1. The van der Waals surface area contributed by atoms with E-state index in [0.29, 0.717) is 5.91 Å². The van der Waals surface area contributed by atoms with E-state index in [0.717, 1.165) is 68.4 Å². The molecule has 0 unspecified atom stereocenters. The maximum Gasteiger partial charge on any atom is 0.225 e. The summed E-state index contributed by atoms with van der Waals surface area (Å²) in [5.74, 6) is 0.174. The van der Waals surface area contributed by atoms with Crippen molar-refractivity contribution < 1.29 is 9.18 Å². The minimum atomic E-state index is -0.218. The molecule has 1 aromatic heterocycles. The third-order valence-electron chi connectivity index (χ3n) is 6.43. The minimum Gasteiger partial charge on any atom is -0.368 e. The van der Waals surface area contributed by atoms with Gasteiger partial charge in [-0.1, -0.05) is 17.4 Å². The van der Waals surface area contributed by atoms with E-state index < -0.39 is 0 Å². The Labute approximate surface area is 186 Å². The van der Waals surface area contributed by atoms with Gasteiger partial charge in [0.05, 0.1) is 10.2 Å². The molecule has 0 bridgehead atoms. The number of fused-ring (bicyclic) bond motifs is 1. The average Bonchev–Trinajstić information content (AvgIpc) is 3.22. The summed E-state index contributed by atoms with van der Waals surface area (Å²) >= 11 is 1.75. The molecule has 5 nitrogen and oxygen atoms in total. The predicted molar refractivity (Wildman–Crippen MR) is 124 cm³/mol. The van der Waals surface area contributed by atoms with E-state index in [2.05, 4.69) is 34.9 Å². The number of carbonyl (C=O) groups is 1. The Morgan fingerprint density at radius 3 is 2.39 bits per heavy atom. The monoisotopic (exact) mass is 438 g/mol. The van der Waals surface area contributed by atoms with Crippen LogP contribution in [0.25, 0.3) is 10.2 Å². The van der Waals surface area contributed by atoms with Gasteiger partial charge in [-0.05, 0) is 61.7 Å². The number of hydrogen-bond donors (Lipinski definition) is 0. The van der Waals surface area contributed by atoms with Crippen molar-refractivity contribution in [3.63, 3.8) is 0 Å². The molecule has 162 valence electrons. The Bertz CT molecular complexity index is 1070. The van der Waals surface area contributed by atoms with Crippen LogP contribution in [-0.2, 0) is 4.79 Å².